The van der Waals surface area contributed by atoms with Crippen molar-refractivity contribution in [3.8, 4) is 5.75 Å². The van der Waals surface area contributed by atoms with Gasteiger partial charge >= 0.3 is 0 Å². The Morgan fingerprint density at radius 1 is 1.33 bits per heavy atom. The van der Waals surface area contributed by atoms with E-state index in [9.17, 15) is 0 Å². The molecule has 0 amide bonds. The first kappa shape index (κ1) is 10.5. The molecule has 1 rings (SSSR count). The van der Waals surface area contributed by atoms with Crippen LogP contribution in [0, 0.1) is 0 Å². The third-order valence-corrected chi connectivity index (χ3v) is 3.46. The number of halogens is 3. The predicted octanol–water partition coefficient (Wildman–Crippen LogP) is 3.77. The third kappa shape index (κ3) is 2.44. The lowest BCUT2D eigenvalue weighted by Gasteiger charge is -2.05. The van der Waals surface area contributed by atoms with E-state index in [1.54, 1.807) is 0 Å². The lowest BCUT2D eigenvalue weighted by atomic mass is 10.5. The molecule has 0 saturated heterocycles. The molecule has 0 saturated carbocycles. The molecule has 0 aliphatic rings. The van der Waals surface area contributed by atoms with Gasteiger partial charge in [0.1, 0.15) is 9.21 Å². The Kier molecular flexibility index (Phi) is 3.99. The molecule has 0 aliphatic carbocycles. The summed E-state index contributed by atoms with van der Waals surface area (Å²) in [5.74, 6) is 0.743. The zero-order valence-corrected chi connectivity index (χ0v) is 11.0. The number of hydrogen-bond donors (Lipinski definition) is 0. The molecule has 1 aromatic rings. The van der Waals surface area contributed by atoms with Gasteiger partial charge in [0.15, 0.2) is 5.75 Å². The molecule has 5 heteroatoms. The third-order valence-electron chi connectivity index (χ3n) is 1.15. The first-order chi connectivity index (χ1) is 5.65. The summed E-state index contributed by atoms with van der Waals surface area (Å²) in [6.45, 7) is 2.57. The first-order valence-electron chi connectivity index (χ1n) is 3.29. The van der Waals surface area contributed by atoms with Crippen LogP contribution in [0.4, 0.5) is 0 Å². The summed E-state index contributed by atoms with van der Waals surface area (Å²) in [4.78, 5) is 4.15. The zero-order valence-electron chi connectivity index (χ0n) is 6.27. The van der Waals surface area contributed by atoms with Gasteiger partial charge in [0.25, 0.3) is 0 Å². The largest absolute Gasteiger partial charge is 0.491 e. The van der Waals surface area contributed by atoms with Gasteiger partial charge in [-0.15, -0.1) is 0 Å². The van der Waals surface area contributed by atoms with Gasteiger partial charge in [-0.3, -0.25) is 0 Å². The SMILES string of the molecule is CCOc1cc(Br)c(Br)nc1Br. The van der Waals surface area contributed by atoms with E-state index in [0.717, 1.165) is 14.8 Å². The molecule has 0 N–H and O–H groups in total. The van der Waals surface area contributed by atoms with Crippen LogP contribution >= 0.6 is 47.8 Å². The summed E-state index contributed by atoms with van der Waals surface area (Å²) in [5.41, 5.74) is 0. The van der Waals surface area contributed by atoms with Crippen LogP contribution in [0.3, 0.4) is 0 Å². The Hall–Kier alpha value is 0.390. The fourth-order valence-electron chi connectivity index (χ4n) is 0.686. The quantitative estimate of drug-likeness (QED) is 0.750. The van der Waals surface area contributed by atoms with Gasteiger partial charge in [-0.2, -0.15) is 0 Å². The Morgan fingerprint density at radius 2 is 2.00 bits per heavy atom. The van der Waals surface area contributed by atoms with Gasteiger partial charge in [0, 0.05) is 0 Å². The minimum absolute atomic E-state index is 0.633. The smallest absolute Gasteiger partial charge is 0.153 e. The highest BCUT2D eigenvalue weighted by Crippen LogP contribution is 2.31. The second-order valence-corrected chi connectivity index (χ2v) is 4.34. The van der Waals surface area contributed by atoms with Crippen LogP contribution in [0.1, 0.15) is 6.92 Å². The first-order valence-corrected chi connectivity index (χ1v) is 5.67. The minimum atomic E-state index is 0.633. The molecule has 0 aromatic carbocycles. The number of pyridine rings is 1. The Labute approximate surface area is 96.1 Å². The van der Waals surface area contributed by atoms with E-state index in [1.807, 2.05) is 13.0 Å². The van der Waals surface area contributed by atoms with Crippen LogP contribution in [0.25, 0.3) is 0 Å². The van der Waals surface area contributed by atoms with Crippen molar-refractivity contribution < 1.29 is 4.74 Å². The van der Waals surface area contributed by atoms with Crippen molar-refractivity contribution in [2.45, 2.75) is 6.92 Å². The van der Waals surface area contributed by atoms with E-state index in [4.69, 9.17) is 4.74 Å². The van der Waals surface area contributed by atoms with Crippen molar-refractivity contribution in [2.24, 2.45) is 0 Å². The van der Waals surface area contributed by atoms with E-state index < -0.39 is 0 Å². The molecule has 0 radical (unpaired) electrons. The molecule has 66 valence electrons. The second kappa shape index (κ2) is 4.58. The van der Waals surface area contributed by atoms with Crippen molar-refractivity contribution in [1.29, 1.82) is 0 Å². The molecule has 1 heterocycles. The standard InChI is InChI=1S/C7H6Br3NO/c1-2-12-5-3-4(8)6(9)11-7(5)10/h3H,2H2,1H3. The number of rotatable bonds is 2. The van der Waals surface area contributed by atoms with Crippen LogP contribution in [0.2, 0.25) is 0 Å². The fraction of sp³-hybridized carbons (Fsp3) is 0.286. The van der Waals surface area contributed by atoms with Gasteiger partial charge in [-0.05, 0) is 60.8 Å². The zero-order chi connectivity index (χ0) is 9.14. The Bertz CT molecular complexity index is 290. The van der Waals surface area contributed by atoms with E-state index in [2.05, 4.69) is 52.8 Å². The summed E-state index contributed by atoms with van der Waals surface area (Å²) in [6, 6.07) is 1.87. The van der Waals surface area contributed by atoms with Crippen molar-refractivity contribution >= 4 is 47.8 Å². The maximum Gasteiger partial charge on any atom is 0.153 e. The normalized spacial score (nSPS) is 10.0. The predicted molar refractivity (Wildman–Crippen MR) is 58.5 cm³/mol. The summed E-state index contributed by atoms with van der Waals surface area (Å²) in [7, 11) is 0. The van der Waals surface area contributed by atoms with Crippen molar-refractivity contribution in [2.75, 3.05) is 6.61 Å². The maximum absolute atomic E-state index is 5.31. The molecule has 0 fully saturated rings. The van der Waals surface area contributed by atoms with E-state index in [0.29, 0.717) is 11.2 Å². The lowest BCUT2D eigenvalue weighted by Crippen LogP contribution is -1.94. The highest BCUT2D eigenvalue weighted by molar-refractivity contribution is 9.13. The molecular weight excluding hydrogens is 354 g/mol. The highest BCUT2D eigenvalue weighted by Gasteiger charge is 2.06. The summed E-state index contributed by atoms with van der Waals surface area (Å²) >= 11 is 9.92. The molecular formula is C7H6Br3NO. The minimum Gasteiger partial charge on any atom is -0.491 e. The van der Waals surface area contributed by atoms with Crippen LogP contribution in [0.5, 0.6) is 5.75 Å². The number of nitrogens with zero attached hydrogens (tertiary/aromatic N) is 1. The topological polar surface area (TPSA) is 22.1 Å². The van der Waals surface area contributed by atoms with Crippen LogP contribution in [-0.4, -0.2) is 11.6 Å². The van der Waals surface area contributed by atoms with Gasteiger partial charge < -0.3 is 4.74 Å². The van der Waals surface area contributed by atoms with E-state index in [-0.39, 0.29) is 0 Å². The van der Waals surface area contributed by atoms with Crippen molar-refractivity contribution in [1.82, 2.24) is 4.98 Å². The second-order valence-electron chi connectivity index (χ2n) is 1.98. The van der Waals surface area contributed by atoms with Crippen molar-refractivity contribution in [3.05, 3.63) is 19.7 Å². The van der Waals surface area contributed by atoms with Gasteiger partial charge in [0.05, 0.1) is 11.1 Å². The number of hydrogen-bond acceptors (Lipinski definition) is 2. The molecule has 12 heavy (non-hydrogen) atoms. The van der Waals surface area contributed by atoms with Gasteiger partial charge in [-0.25, -0.2) is 4.98 Å². The van der Waals surface area contributed by atoms with Crippen LogP contribution in [0.15, 0.2) is 19.7 Å². The highest BCUT2D eigenvalue weighted by atomic mass is 79.9. The number of ether oxygens (including phenoxy) is 1. The summed E-state index contributed by atoms with van der Waals surface area (Å²) in [6.07, 6.45) is 0. The molecule has 0 atom stereocenters. The van der Waals surface area contributed by atoms with E-state index >= 15 is 0 Å². The van der Waals surface area contributed by atoms with Gasteiger partial charge in [0.2, 0.25) is 0 Å². The Morgan fingerprint density at radius 3 is 2.58 bits per heavy atom. The average molecular weight is 360 g/mol. The monoisotopic (exact) mass is 357 g/mol. The summed E-state index contributed by atoms with van der Waals surface area (Å²) in [5, 5.41) is 0. The molecule has 2 nitrogen and oxygen atoms in total. The lowest BCUT2D eigenvalue weighted by molar-refractivity contribution is 0.336. The Balaban J connectivity index is 3.05. The van der Waals surface area contributed by atoms with Crippen molar-refractivity contribution in [3.63, 3.8) is 0 Å². The number of aromatic nitrogens is 1. The van der Waals surface area contributed by atoms with Crippen LogP contribution in [-0.2, 0) is 0 Å². The summed E-state index contributed by atoms with van der Waals surface area (Å²) < 4.78 is 7.67. The van der Waals surface area contributed by atoms with Crippen LogP contribution < -0.4 is 4.74 Å². The molecule has 1 aromatic heterocycles. The molecule has 0 aliphatic heterocycles. The molecule has 0 spiro atoms. The van der Waals surface area contributed by atoms with E-state index in [1.165, 1.54) is 0 Å². The fourth-order valence-corrected chi connectivity index (χ4v) is 1.92. The molecule has 0 unspecified atom stereocenters. The molecule has 0 bridgehead atoms. The average Bonchev–Trinajstić information content (AvgIpc) is 2.01. The van der Waals surface area contributed by atoms with Gasteiger partial charge in [-0.1, -0.05) is 0 Å². The maximum atomic E-state index is 5.31.